The number of rotatable bonds is 9. The predicted molar refractivity (Wildman–Crippen MR) is 138 cm³/mol. The molecule has 6 nitrogen and oxygen atoms in total. The van der Waals surface area contributed by atoms with E-state index in [2.05, 4.69) is 60.2 Å². The average molecular weight is 545 g/mol. The summed E-state index contributed by atoms with van der Waals surface area (Å²) in [5.74, 6) is 2.20. The molecule has 7 heteroatoms. The molecular weight excluding hydrogens is 503 g/mol. The normalized spacial score (nSPS) is 21.2. The third kappa shape index (κ3) is 8.51. The summed E-state index contributed by atoms with van der Waals surface area (Å²) in [5, 5.41) is 3.52. The van der Waals surface area contributed by atoms with Crippen molar-refractivity contribution < 1.29 is 9.47 Å². The average Bonchev–Trinajstić information content (AvgIpc) is 3.23. The summed E-state index contributed by atoms with van der Waals surface area (Å²) in [5.41, 5.74) is 1.24. The highest BCUT2D eigenvalue weighted by Gasteiger charge is 2.27. The fourth-order valence-electron chi connectivity index (χ4n) is 4.34. The van der Waals surface area contributed by atoms with Crippen LogP contribution >= 0.6 is 24.0 Å². The van der Waals surface area contributed by atoms with Crippen molar-refractivity contribution in [3.8, 4) is 0 Å². The van der Waals surface area contributed by atoms with E-state index >= 15 is 0 Å². The monoisotopic (exact) mass is 544 g/mol. The van der Waals surface area contributed by atoms with Crippen LogP contribution in [0.15, 0.2) is 35.3 Å². The number of aliphatic imine (C=N–C) groups is 1. The van der Waals surface area contributed by atoms with Crippen molar-refractivity contribution >= 4 is 29.9 Å². The third-order valence-electron chi connectivity index (χ3n) is 6.10. The number of hydrogen-bond donors (Lipinski definition) is 1. The number of likely N-dealkylation sites (tertiary alicyclic amines) is 1. The molecule has 0 amide bonds. The van der Waals surface area contributed by atoms with E-state index < -0.39 is 0 Å². The molecule has 1 aromatic carbocycles. The maximum Gasteiger partial charge on any atom is 0.193 e. The summed E-state index contributed by atoms with van der Waals surface area (Å²) in [6.07, 6.45) is 1.16. The Bertz CT molecular complexity index is 638. The Hall–Kier alpha value is -0.900. The van der Waals surface area contributed by atoms with Gasteiger partial charge in [-0.05, 0) is 24.8 Å². The fourth-order valence-corrected chi connectivity index (χ4v) is 4.34. The van der Waals surface area contributed by atoms with Crippen LogP contribution in [0.5, 0.6) is 0 Å². The van der Waals surface area contributed by atoms with Gasteiger partial charge in [0, 0.05) is 44.7 Å². The lowest BCUT2D eigenvalue weighted by atomic mass is 10.0. The minimum absolute atomic E-state index is 0. The van der Waals surface area contributed by atoms with Crippen LogP contribution in [-0.4, -0.2) is 80.9 Å². The van der Waals surface area contributed by atoms with Crippen LogP contribution in [0, 0.1) is 11.8 Å². The minimum atomic E-state index is 0. The molecule has 176 valence electrons. The number of halogens is 1. The number of hydrogen-bond acceptors (Lipinski definition) is 4. The smallest absolute Gasteiger partial charge is 0.193 e. The van der Waals surface area contributed by atoms with E-state index in [0.717, 1.165) is 71.5 Å². The molecule has 2 atom stereocenters. The second kappa shape index (κ2) is 14.3. The molecule has 0 aliphatic carbocycles. The van der Waals surface area contributed by atoms with Crippen LogP contribution in [0.3, 0.4) is 0 Å². The summed E-state index contributed by atoms with van der Waals surface area (Å²) in [7, 11) is 0. The fraction of sp³-hybridized carbons (Fsp3) is 0.708. The van der Waals surface area contributed by atoms with Crippen LogP contribution < -0.4 is 5.32 Å². The first-order valence-corrected chi connectivity index (χ1v) is 11.6. The van der Waals surface area contributed by atoms with Crippen molar-refractivity contribution in [3.63, 3.8) is 0 Å². The van der Waals surface area contributed by atoms with E-state index in [-0.39, 0.29) is 24.0 Å². The first-order chi connectivity index (χ1) is 14.7. The zero-order valence-electron chi connectivity index (χ0n) is 19.5. The number of nitrogens with zero attached hydrogens (tertiary/aromatic N) is 3. The first kappa shape index (κ1) is 26.4. The Labute approximate surface area is 205 Å². The molecule has 2 heterocycles. The third-order valence-corrected chi connectivity index (χ3v) is 6.10. The van der Waals surface area contributed by atoms with E-state index in [1.165, 1.54) is 5.56 Å². The van der Waals surface area contributed by atoms with Gasteiger partial charge < -0.3 is 19.7 Å². The Balaban J connectivity index is 0.00000341. The highest BCUT2D eigenvalue weighted by Crippen LogP contribution is 2.18. The molecule has 3 rings (SSSR count). The van der Waals surface area contributed by atoms with Gasteiger partial charge >= 0.3 is 0 Å². The van der Waals surface area contributed by atoms with Gasteiger partial charge in [0.25, 0.3) is 0 Å². The number of ether oxygens (including phenoxy) is 2. The quantitative estimate of drug-likeness (QED) is 0.293. The molecule has 1 aromatic rings. The van der Waals surface area contributed by atoms with Crippen molar-refractivity contribution in [2.45, 2.75) is 39.8 Å². The lowest BCUT2D eigenvalue weighted by Gasteiger charge is -2.36. The summed E-state index contributed by atoms with van der Waals surface area (Å²) < 4.78 is 11.5. The van der Waals surface area contributed by atoms with Crippen molar-refractivity contribution in [1.29, 1.82) is 0 Å². The van der Waals surface area contributed by atoms with E-state index in [0.29, 0.717) is 24.5 Å². The summed E-state index contributed by atoms with van der Waals surface area (Å²) >= 11 is 0. The van der Waals surface area contributed by atoms with Gasteiger partial charge in [0.1, 0.15) is 0 Å². The zero-order chi connectivity index (χ0) is 21.2. The second-order valence-corrected chi connectivity index (χ2v) is 8.76. The lowest BCUT2D eigenvalue weighted by molar-refractivity contribution is 0.00863. The molecular formula is C24H41IN4O2. The van der Waals surface area contributed by atoms with Gasteiger partial charge in [-0.1, -0.05) is 44.2 Å². The van der Waals surface area contributed by atoms with Crippen LogP contribution in [-0.2, 0) is 16.1 Å². The molecule has 0 spiro atoms. The molecule has 0 bridgehead atoms. The van der Waals surface area contributed by atoms with Crippen LogP contribution in [0.4, 0.5) is 0 Å². The van der Waals surface area contributed by atoms with Crippen molar-refractivity contribution in [2.24, 2.45) is 16.8 Å². The lowest BCUT2D eigenvalue weighted by Crippen LogP contribution is -2.48. The summed E-state index contributed by atoms with van der Waals surface area (Å²) in [4.78, 5) is 10.0. The van der Waals surface area contributed by atoms with Gasteiger partial charge in [-0.3, -0.25) is 9.89 Å². The van der Waals surface area contributed by atoms with Gasteiger partial charge in [-0.2, -0.15) is 0 Å². The maximum absolute atomic E-state index is 6.00. The van der Waals surface area contributed by atoms with Crippen LogP contribution in [0.2, 0.25) is 0 Å². The Morgan fingerprint density at radius 2 is 1.94 bits per heavy atom. The van der Waals surface area contributed by atoms with Gasteiger partial charge in [0.05, 0.1) is 33.0 Å². The van der Waals surface area contributed by atoms with E-state index in [4.69, 9.17) is 14.5 Å². The molecule has 0 aromatic heterocycles. The van der Waals surface area contributed by atoms with Crippen LogP contribution in [0.1, 0.15) is 32.8 Å². The number of benzene rings is 1. The SMILES string of the molecule is CCNC(=NCC(C(C)C)N1CCOCC1)N1CCC(COCc2ccccc2)C1.I. The number of morpholine rings is 1. The highest BCUT2D eigenvalue weighted by atomic mass is 127. The van der Waals surface area contributed by atoms with E-state index in [9.17, 15) is 0 Å². The summed E-state index contributed by atoms with van der Waals surface area (Å²) in [6.45, 7) is 15.8. The topological polar surface area (TPSA) is 49.3 Å². The second-order valence-electron chi connectivity index (χ2n) is 8.76. The van der Waals surface area contributed by atoms with Gasteiger partial charge in [0.2, 0.25) is 0 Å². The molecule has 2 unspecified atom stereocenters. The van der Waals surface area contributed by atoms with Gasteiger partial charge in [-0.15, -0.1) is 24.0 Å². The maximum atomic E-state index is 6.00. The molecule has 1 N–H and O–H groups in total. The Kier molecular flexibility index (Phi) is 12.1. The molecule has 2 aliphatic heterocycles. The van der Waals surface area contributed by atoms with Gasteiger partial charge in [0.15, 0.2) is 5.96 Å². The largest absolute Gasteiger partial charge is 0.379 e. The number of guanidine groups is 1. The predicted octanol–water partition coefficient (Wildman–Crippen LogP) is 3.47. The Morgan fingerprint density at radius 1 is 1.19 bits per heavy atom. The Morgan fingerprint density at radius 3 is 2.61 bits per heavy atom. The standard InChI is InChI=1S/C24H40N4O2.HI/c1-4-25-24(26-16-23(20(2)3)27-12-14-29-15-13-27)28-11-10-22(17-28)19-30-18-21-8-6-5-7-9-21;/h5-9,20,22-23H,4,10-19H2,1-3H3,(H,25,26);1H. The molecule has 31 heavy (non-hydrogen) atoms. The molecule has 2 fully saturated rings. The van der Waals surface area contributed by atoms with Crippen molar-refractivity contribution in [2.75, 3.05) is 59.1 Å². The van der Waals surface area contributed by atoms with Gasteiger partial charge in [-0.25, -0.2) is 0 Å². The minimum Gasteiger partial charge on any atom is -0.379 e. The van der Waals surface area contributed by atoms with Crippen molar-refractivity contribution in [1.82, 2.24) is 15.1 Å². The van der Waals surface area contributed by atoms with Crippen LogP contribution in [0.25, 0.3) is 0 Å². The first-order valence-electron chi connectivity index (χ1n) is 11.6. The summed E-state index contributed by atoms with van der Waals surface area (Å²) in [6, 6.07) is 10.9. The number of nitrogens with one attached hydrogen (secondary N) is 1. The van der Waals surface area contributed by atoms with Crippen molar-refractivity contribution in [3.05, 3.63) is 35.9 Å². The molecule has 0 radical (unpaired) electrons. The van der Waals surface area contributed by atoms with E-state index in [1.54, 1.807) is 0 Å². The molecule has 2 saturated heterocycles. The van der Waals surface area contributed by atoms with E-state index in [1.807, 2.05) is 6.07 Å². The zero-order valence-corrected chi connectivity index (χ0v) is 21.8. The molecule has 2 aliphatic rings. The highest BCUT2D eigenvalue weighted by molar-refractivity contribution is 14.0. The molecule has 0 saturated carbocycles.